The van der Waals surface area contributed by atoms with E-state index in [4.69, 9.17) is 16.9 Å². The van der Waals surface area contributed by atoms with E-state index in [2.05, 4.69) is 10.6 Å². The number of carbonyl (C=O) groups is 2. The molecule has 17 heavy (non-hydrogen) atoms. The largest absolute Gasteiger partial charge is 0.325 e. The maximum Gasteiger partial charge on any atom is 0.325 e. The minimum absolute atomic E-state index is 0.0766. The summed E-state index contributed by atoms with van der Waals surface area (Å²) in [6, 6.07) is 7.67. The molecule has 0 bridgehead atoms. The molecule has 0 radical (unpaired) electrons. The Morgan fingerprint density at radius 1 is 1.41 bits per heavy atom. The Kier molecular flexibility index (Phi) is 4.98. The van der Waals surface area contributed by atoms with Crippen LogP contribution in [0.3, 0.4) is 0 Å². The maximum atomic E-state index is 11.3. The summed E-state index contributed by atoms with van der Waals surface area (Å²) >= 11 is 5.35. The molecule has 6 heteroatoms. The molecule has 5 nitrogen and oxygen atoms in total. The number of nitrogens with one attached hydrogen (secondary N) is 2. The molecular weight excluding hydrogens is 242 g/mol. The molecule has 1 aromatic carbocycles. The van der Waals surface area contributed by atoms with Crippen molar-refractivity contribution < 1.29 is 9.59 Å². The second kappa shape index (κ2) is 6.51. The number of hydrogen-bond donors (Lipinski definition) is 2. The highest BCUT2D eigenvalue weighted by molar-refractivity contribution is 6.19. The third kappa shape index (κ3) is 4.53. The van der Waals surface area contributed by atoms with Crippen LogP contribution in [-0.2, 0) is 4.79 Å². The standard InChI is InChI=1S/C11H10ClN3O2/c12-5-4-10(16)15-11(17)14-9-3-1-2-8(6-9)7-13/h1-3,6H,4-5H2,(H2,14,15,16,17). The van der Waals surface area contributed by atoms with Gasteiger partial charge in [0.2, 0.25) is 5.91 Å². The summed E-state index contributed by atoms with van der Waals surface area (Å²) in [7, 11) is 0. The van der Waals surface area contributed by atoms with Crippen molar-refractivity contribution in [3.05, 3.63) is 29.8 Å². The molecule has 88 valence electrons. The summed E-state index contributed by atoms with van der Waals surface area (Å²) in [5.74, 6) is -0.294. The van der Waals surface area contributed by atoms with E-state index < -0.39 is 11.9 Å². The normalized spacial score (nSPS) is 9.18. The van der Waals surface area contributed by atoms with Gasteiger partial charge in [-0.2, -0.15) is 5.26 Å². The molecule has 0 aliphatic carbocycles. The van der Waals surface area contributed by atoms with E-state index in [-0.39, 0.29) is 12.3 Å². The molecule has 0 heterocycles. The van der Waals surface area contributed by atoms with Crippen LogP contribution < -0.4 is 10.6 Å². The lowest BCUT2D eigenvalue weighted by molar-refractivity contribution is -0.119. The molecule has 0 fully saturated rings. The topological polar surface area (TPSA) is 82.0 Å². The number of urea groups is 1. The third-order valence-electron chi connectivity index (χ3n) is 1.82. The van der Waals surface area contributed by atoms with E-state index in [1.807, 2.05) is 6.07 Å². The van der Waals surface area contributed by atoms with Crippen molar-refractivity contribution in [1.29, 1.82) is 5.26 Å². The predicted octanol–water partition coefficient (Wildman–Crippen LogP) is 1.84. The smallest absolute Gasteiger partial charge is 0.308 e. The Bertz CT molecular complexity index is 468. The van der Waals surface area contributed by atoms with Crippen LogP contribution in [0.4, 0.5) is 10.5 Å². The molecular formula is C11H10ClN3O2. The fourth-order valence-electron chi connectivity index (χ4n) is 1.10. The number of imide groups is 1. The zero-order valence-corrected chi connectivity index (χ0v) is 9.62. The number of alkyl halides is 1. The van der Waals surface area contributed by atoms with Gasteiger partial charge < -0.3 is 5.32 Å². The summed E-state index contributed by atoms with van der Waals surface area (Å²) in [5, 5.41) is 13.2. The molecule has 0 saturated heterocycles. The molecule has 0 unspecified atom stereocenters. The van der Waals surface area contributed by atoms with Crippen LogP contribution in [0, 0.1) is 11.3 Å². The first kappa shape index (κ1) is 13.0. The van der Waals surface area contributed by atoms with Crippen molar-refractivity contribution in [3.63, 3.8) is 0 Å². The first-order chi connectivity index (χ1) is 8.15. The number of carbonyl (C=O) groups excluding carboxylic acids is 2. The molecule has 2 N–H and O–H groups in total. The lowest BCUT2D eigenvalue weighted by atomic mass is 10.2. The lowest BCUT2D eigenvalue weighted by Gasteiger charge is -2.05. The molecule has 1 rings (SSSR count). The molecule has 0 aliphatic rings. The number of rotatable bonds is 3. The number of hydrogen-bond acceptors (Lipinski definition) is 3. The van der Waals surface area contributed by atoms with Crippen LogP contribution in [0.5, 0.6) is 0 Å². The van der Waals surface area contributed by atoms with E-state index in [9.17, 15) is 9.59 Å². The summed E-state index contributed by atoms with van der Waals surface area (Å²) in [4.78, 5) is 22.4. The van der Waals surface area contributed by atoms with Crippen molar-refractivity contribution in [2.24, 2.45) is 0 Å². The van der Waals surface area contributed by atoms with Gasteiger partial charge in [-0.1, -0.05) is 6.07 Å². The van der Waals surface area contributed by atoms with Crippen molar-refractivity contribution in [3.8, 4) is 6.07 Å². The highest BCUT2D eigenvalue weighted by Gasteiger charge is 2.07. The fourth-order valence-corrected chi connectivity index (χ4v) is 1.28. The predicted molar refractivity (Wildman–Crippen MR) is 63.7 cm³/mol. The molecule has 0 aliphatic heterocycles. The Labute approximate surface area is 103 Å². The second-order valence-corrected chi connectivity index (χ2v) is 3.51. The van der Waals surface area contributed by atoms with Crippen LogP contribution in [0.15, 0.2) is 24.3 Å². The van der Waals surface area contributed by atoms with Crippen molar-refractivity contribution in [2.75, 3.05) is 11.2 Å². The van der Waals surface area contributed by atoms with Crippen LogP contribution in [0.2, 0.25) is 0 Å². The van der Waals surface area contributed by atoms with Gasteiger partial charge >= 0.3 is 6.03 Å². The quantitative estimate of drug-likeness (QED) is 0.804. The van der Waals surface area contributed by atoms with Gasteiger partial charge in [-0.25, -0.2) is 4.79 Å². The van der Waals surface area contributed by atoms with Gasteiger partial charge in [0.1, 0.15) is 0 Å². The average molecular weight is 252 g/mol. The summed E-state index contributed by atoms with van der Waals surface area (Å²) in [5.41, 5.74) is 0.870. The number of benzene rings is 1. The monoisotopic (exact) mass is 251 g/mol. The van der Waals surface area contributed by atoms with Crippen LogP contribution in [0.25, 0.3) is 0 Å². The van der Waals surface area contributed by atoms with Gasteiger partial charge in [0.05, 0.1) is 11.6 Å². The average Bonchev–Trinajstić information content (AvgIpc) is 2.29. The number of halogens is 1. The minimum Gasteiger partial charge on any atom is -0.308 e. The van der Waals surface area contributed by atoms with Gasteiger partial charge in [-0.3, -0.25) is 10.1 Å². The number of nitrogens with zero attached hydrogens (tertiary/aromatic N) is 1. The molecule has 1 aromatic rings. The second-order valence-electron chi connectivity index (χ2n) is 3.13. The molecule has 0 aromatic heterocycles. The van der Waals surface area contributed by atoms with E-state index in [1.54, 1.807) is 18.2 Å². The highest BCUT2D eigenvalue weighted by Crippen LogP contribution is 2.09. The van der Waals surface area contributed by atoms with Gasteiger partial charge in [0.15, 0.2) is 0 Å². The van der Waals surface area contributed by atoms with Gasteiger partial charge in [0.25, 0.3) is 0 Å². The zero-order chi connectivity index (χ0) is 12.7. The van der Waals surface area contributed by atoms with Crippen molar-refractivity contribution >= 4 is 29.2 Å². The molecule has 0 saturated carbocycles. The van der Waals surface area contributed by atoms with Crippen LogP contribution >= 0.6 is 11.6 Å². The summed E-state index contributed by atoms with van der Waals surface area (Å²) < 4.78 is 0. The Morgan fingerprint density at radius 2 is 2.18 bits per heavy atom. The van der Waals surface area contributed by atoms with Crippen molar-refractivity contribution in [2.45, 2.75) is 6.42 Å². The highest BCUT2D eigenvalue weighted by atomic mass is 35.5. The molecule has 3 amide bonds. The first-order valence-corrected chi connectivity index (χ1v) is 5.36. The zero-order valence-electron chi connectivity index (χ0n) is 8.87. The van der Waals surface area contributed by atoms with Gasteiger partial charge in [-0.05, 0) is 18.2 Å². The Hall–Kier alpha value is -2.06. The summed E-state index contributed by atoms with van der Waals surface area (Å²) in [6.07, 6.45) is 0.0766. The third-order valence-corrected chi connectivity index (χ3v) is 2.01. The van der Waals surface area contributed by atoms with Gasteiger partial charge in [0, 0.05) is 18.0 Å². The molecule has 0 spiro atoms. The number of nitriles is 1. The number of amides is 3. The SMILES string of the molecule is N#Cc1cccc(NC(=O)NC(=O)CCCl)c1. The van der Waals surface area contributed by atoms with E-state index in [0.29, 0.717) is 11.3 Å². The van der Waals surface area contributed by atoms with E-state index in [1.165, 1.54) is 6.07 Å². The summed E-state index contributed by atoms with van der Waals surface area (Å²) in [6.45, 7) is 0. The van der Waals surface area contributed by atoms with Crippen molar-refractivity contribution in [1.82, 2.24) is 5.32 Å². The van der Waals surface area contributed by atoms with Crippen LogP contribution in [-0.4, -0.2) is 17.8 Å². The maximum absolute atomic E-state index is 11.3. The first-order valence-electron chi connectivity index (χ1n) is 4.82. The lowest BCUT2D eigenvalue weighted by Crippen LogP contribution is -2.34. The fraction of sp³-hybridized carbons (Fsp3) is 0.182. The Balaban J connectivity index is 2.56. The number of anilines is 1. The molecule has 0 atom stereocenters. The van der Waals surface area contributed by atoms with E-state index in [0.717, 1.165) is 0 Å². The minimum atomic E-state index is -0.643. The van der Waals surface area contributed by atoms with Crippen LogP contribution in [0.1, 0.15) is 12.0 Å². The van der Waals surface area contributed by atoms with Gasteiger partial charge in [-0.15, -0.1) is 11.6 Å². The van der Waals surface area contributed by atoms with E-state index >= 15 is 0 Å². The Morgan fingerprint density at radius 3 is 2.82 bits per heavy atom.